The first-order valence-corrected chi connectivity index (χ1v) is 12.4. The fourth-order valence-electron chi connectivity index (χ4n) is 3.72. The van der Waals surface area contributed by atoms with Gasteiger partial charge in [-0.3, -0.25) is 14.4 Å². The maximum atomic E-state index is 13.0. The maximum absolute atomic E-state index is 13.0. The number of rotatable bonds is 9. The summed E-state index contributed by atoms with van der Waals surface area (Å²) in [6.45, 7) is 2.59. The summed E-state index contributed by atoms with van der Waals surface area (Å²) in [6.07, 6.45) is 0.177. The molecule has 0 bridgehead atoms. The van der Waals surface area contributed by atoms with Gasteiger partial charge >= 0.3 is 5.97 Å². The van der Waals surface area contributed by atoms with Crippen molar-refractivity contribution in [3.8, 4) is 0 Å². The summed E-state index contributed by atoms with van der Waals surface area (Å²) in [6, 6.07) is 12.6. The first-order valence-electron chi connectivity index (χ1n) is 10.9. The molecular weight excluding hydrogens is 474 g/mol. The number of nitrogens with zero attached hydrogens (tertiary/aromatic N) is 1. The van der Waals surface area contributed by atoms with E-state index in [0.717, 1.165) is 5.56 Å². The summed E-state index contributed by atoms with van der Waals surface area (Å²) < 4.78 is 30.7. The number of carbonyl (C=O) groups is 4. The van der Waals surface area contributed by atoms with Gasteiger partial charge in [0.25, 0.3) is 15.9 Å². The van der Waals surface area contributed by atoms with Crippen LogP contribution in [0.5, 0.6) is 0 Å². The zero-order valence-corrected chi connectivity index (χ0v) is 20.4. The van der Waals surface area contributed by atoms with E-state index in [9.17, 15) is 27.6 Å². The first kappa shape index (κ1) is 25.9. The quantitative estimate of drug-likeness (QED) is 0.486. The summed E-state index contributed by atoms with van der Waals surface area (Å²) in [4.78, 5) is 50.4. The monoisotopic (exact) mass is 501 g/mol. The number of benzene rings is 2. The van der Waals surface area contributed by atoms with Gasteiger partial charge in [-0.05, 0) is 23.6 Å². The van der Waals surface area contributed by atoms with Crippen LogP contribution in [-0.2, 0) is 35.6 Å². The van der Waals surface area contributed by atoms with Gasteiger partial charge in [-0.15, -0.1) is 0 Å². The molecule has 1 heterocycles. The van der Waals surface area contributed by atoms with Gasteiger partial charge < -0.3 is 15.4 Å². The van der Waals surface area contributed by atoms with Crippen LogP contribution in [0, 0.1) is 5.92 Å². The fourth-order valence-corrected chi connectivity index (χ4v) is 5.24. The third-order valence-electron chi connectivity index (χ3n) is 5.55. The lowest BCUT2D eigenvalue weighted by atomic mass is 10.0. The van der Waals surface area contributed by atoms with Crippen LogP contribution >= 0.6 is 0 Å². The van der Waals surface area contributed by atoms with Crippen molar-refractivity contribution in [1.82, 2.24) is 14.9 Å². The second kappa shape index (κ2) is 10.7. The van der Waals surface area contributed by atoms with Crippen LogP contribution in [0.15, 0.2) is 59.5 Å². The summed E-state index contributed by atoms with van der Waals surface area (Å²) in [5, 5.41) is 5.10. The number of carbonyl (C=O) groups excluding carboxylic acids is 4. The van der Waals surface area contributed by atoms with E-state index in [1.54, 1.807) is 38.1 Å². The van der Waals surface area contributed by atoms with Crippen LogP contribution in [-0.4, -0.2) is 62.2 Å². The molecule has 0 aliphatic carbocycles. The summed E-state index contributed by atoms with van der Waals surface area (Å²) in [5.74, 6) is -3.34. The van der Waals surface area contributed by atoms with Gasteiger partial charge in [0.15, 0.2) is 0 Å². The van der Waals surface area contributed by atoms with E-state index in [1.807, 2.05) is 6.07 Å². The van der Waals surface area contributed by atoms with Crippen molar-refractivity contribution < 1.29 is 32.3 Å². The molecule has 0 saturated carbocycles. The van der Waals surface area contributed by atoms with E-state index in [1.165, 1.54) is 31.4 Å². The van der Waals surface area contributed by atoms with Gasteiger partial charge in [0.1, 0.15) is 23.5 Å². The molecule has 1 aliphatic heterocycles. The molecule has 35 heavy (non-hydrogen) atoms. The molecule has 11 heteroatoms. The zero-order chi connectivity index (χ0) is 25.8. The molecule has 0 aromatic heterocycles. The van der Waals surface area contributed by atoms with Gasteiger partial charge in [0, 0.05) is 6.42 Å². The van der Waals surface area contributed by atoms with Crippen LogP contribution in [0.1, 0.15) is 29.8 Å². The average Bonchev–Trinajstić information content (AvgIpc) is 3.02. The standard InChI is InChI=1S/C24H27N3O7S/c1-15(2)21(22(29)25-18(24(31)34-3)13-16-9-5-4-6-10-16)26-20(28)14-27-23(30)17-11-7-8-12-19(17)35(27,32)33/h4-12,15,18,21H,13-14H2,1-3H3,(H,25,29)(H,26,28)/t18-,21-/m0/s1. The van der Waals surface area contributed by atoms with Crippen molar-refractivity contribution in [3.63, 3.8) is 0 Å². The lowest BCUT2D eigenvalue weighted by Gasteiger charge is -2.25. The van der Waals surface area contributed by atoms with Gasteiger partial charge in [0.2, 0.25) is 11.8 Å². The van der Waals surface area contributed by atoms with Crippen molar-refractivity contribution in [2.45, 2.75) is 37.2 Å². The predicted octanol–water partition coefficient (Wildman–Crippen LogP) is 0.872. The molecule has 186 valence electrons. The Morgan fingerprint density at radius 3 is 2.20 bits per heavy atom. The molecule has 2 N–H and O–H groups in total. The Bertz CT molecular complexity index is 1230. The van der Waals surface area contributed by atoms with Crippen LogP contribution in [0.4, 0.5) is 0 Å². The van der Waals surface area contributed by atoms with Crippen LogP contribution in [0.3, 0.4) is 0 Å². The number of fused-ring (bicyclic) bond motifs is 1. The number of hydrogen-bond donors (Lipinski definition) is 2. The van der Waals surface area contributed by atoms with Gasteiger partial charge in [0.05, 0.1) is 12.7 Å². The van der Waals surface area contributed by atoms with Crippen molar-refractivity contribution in [1.29, 1.82) is 0 Å². The molecule has 0 saturated heterocycles. The smallest absolute Gasteiger partial charge is 0.328 e. The Balaban J connectivity index is 1.71. The second-order valence-corrected chi connectivity index (χ2v) is 10.2. The molecule has 1 aliphatic rings. The predicted molar refractivity (Wildman–Crippen MR) is 126 cm³/mol. The largest absolute Gasteiger partial charge is 0.467 e. The lowest BCUT2D eigenvalue weighted by Crippen LogP contribution is -2.55. The Kier molecular flexibility index (Phi) is 7.90. The minimum atomic E-state index is -4.17. The summed E-state index contributed by atoms with van der Waals surface area (Å²) in [5.41, 5.74) is 0.783. The number of nitrogens with one attached hydrogen (secondary N) is 2. The number of methoxy groups -OCH3 is 1. The molecular formula is C24H27N3O7S. The minimum Gasteiger partial charge on any atom is -0.467 e. The molecule has 10 nitrogen and oxygen atoms in total. The molecule has 0 unspecified atom stereocenters. The second-order valence-electron chi connectivity index (χ2n) is 8.38. The summed E-state index contributed by atoms with van der Waals surface area (Å²) >= 11 is 0. The minimum absolute atomic E-state index is 0.0136. The van der Waals surface area contributed by atoms with Crippen molar-refractivity contribution in [2.24, 2.45) is 5.92 Å². The Hall–Kier alpha value is -3.73. The molecule has 3 amide bonds. The van der Waals surface area contributed by atoms with E-state index in [-0.39, 0.29) is 16.9 Å². The molecule has 2 aromatic carbocycles. The number of esters is 1. The number of sulfonamides is 1. The first-order chi connectivity index (χ1) is 16.6. The fraction of sp³-hybridized carbons (Fsp3) is 0.333. The third kappa shape index (κ3) is 5.68. The molecule has 2 atom stereocenters. The van der Waals surface area contributed by atoms with E-state index in [2.05, 4.69) is 10.6 Å². The topological polar surface area (TPSA) is 139 Å². The highest BCUT2D eigenvalue weighted by Gasteiger charge is 2.42. The lowest BCUT2D eigenvalue weighted by molar-refractivity contribution is -0.145. The molecule has 0 fully saturated rings. The van der Waals surface area contributed by atoms with Crippen molar-refractivity contribution in [3.05, 3.63) is 65.7 Å². The Morgan fingerprint density at radius 2 is 1.60 bits per heavy atom. The van der Waals surface area contributed by atoms with Gasteiger partial charge in [-0.25, -0.2) is 17.5 Å². The molecule has 2 aromatic rings. The third-order valence-corrected chi connectivity index (χ3v) is 7.34. The zero-order valence-electron chi connectivity index (χ0n) is 19.6. The number of ether oxygens (including phenoxy) is 1. The SMILES string of the molecule is COC(=O)[C@H](Cc1ccccc1)NC(=O)[C@@H](NC(=O)CN1C(=O)c2ccccc2S1(=O)=O)C(C)C. The molecule has 0 spiro atoms. The highest BCUT2D eigenvalue weighted by molar-refractivity contribution is 7.90. The highest BCUT2D eigenvalue weighted by Crippen LogP contribution is 2.29. The Labute approximate surface area is 203 Å². The van der Waals surface area contributed by atoms with E-state index in [0.29, 0.717) is 4.31 Å². The number of amides is 3. The molecule has 3 rings (SSSR count). The highest BCUT2D eigenvalue weighted by atomic mass is 32.2. The summed E-state index contributed by atoms with van der Waals surface area (Å²) in [7, 11) is -2.97. The van der Waals surface area contributed by atoms with Crippen LogP contribution in [0.2, 0.25) is 0 Å². The average molecular weight is 502 g/mol. The normalized spacial score (nSPS) is 15.8. The van der Waals surface area contributed by atoms with Crippen molar-refractivity contribution in [2.75, 3.05) is 13.7 Å². The maximum Gasteiger partial charge on any atom is 0.328 e. The van der Waals surface area contributed by atoms with Crippen molar-refractivity contribution >= 4 is 33.7 Å². The Morgan fingerprint density at radius 1 is 0.971 bits per heavy atom. The van der Waals surface area contributed by atoms with Gasteiger partial charge in [-0.1, -0.05) is 56.3 Å². The van der Waals surface area contributed by atoms with Crippen LogP contribution in [0.25, 0.3) is 0 Å². The molecule has 0 radical (unpaired) electrons. The van der Waals surface area contributed by atoms with E-state index >= 15 is 0 Å². The van der Waals surface area contributed by atoms with Crippen LogP contribution < -0.4 is 10.6 Å². The van der Waals surface area contributed by atoms with Gasteiger partial charge in [-0.2, -0.15) is 0 Å². The van der Waals surface area contributed by atoms with E-state index < -0.39 is 58.3 Å². The number of hydrogen-bond acceptors (Lipinski definition) is 7. The van der Waals surface area contributed by atoms with E-state index in [4.69, 9.17) is 4.74 Å².